The Labute approximate surface area is 73.0 Å². The van der Waals surface area contributed by atoms with Gasteiger partial charge in [-0.15, -0.1) is 0 Å². The quantitative estimate of drug-likeness (QED) is 0.572. The van der Waals surface area contributed by atoms with Crippen molar-refractivity contribution in [2.45, 2.75) is 25.5 Å². The number of likely N-dealkylation sites (tertiary alicyclic amines) is 1. The lowest BCUT2D eigenvalue weighted by atomic mass is 10.2. The summed E-state index contributed by atoms with van der Waals surface area (Å²) in [6.07, 6.45) is 2.47. The van der Waals surface area contributed by atoms with Crippen LogP contribution < -0.4 is 0 Å². The molecule has 0 radical (unpaired) electrons. The molecule has 0 bridgehead atoms. The summed E-state index contributed by atoms with van der Waals surface area (Å²) in [6.45, 7) is 6.24. The minimum absolute atomic E-state index is 0.00190. The Morgan fingerprint density at radius 1 is 1.75 bits per heavy atom. The molecule has 1 heterocycles. The zero-order chi connectivity index (χ0) is 9.14. The van der Waals surface area contributed by atoms with Crippen LogP contribution in [0.25, 0.3) is 0 Å². The molecular weight excluding hydrogens is 154 g/mol. The van der Waals surface area contributed by atoms with Gasteiger partial charge >= 0.3 is 0 Å². The molecule has 1 amide bonds. The summed E-state index contributed by atoms with van der Waals surface area (Å²) in [6, 6.07) is 0.181. The van der Waals surface area contributed by atoms with E-state index in [4.69, 9.17) is 4.74 Å². The highest BCUT2D eigenvalue weighted by Crippen LogP contribution is 2.19. The highest BCUT2D eigenvalue weighted by molar-refractivity contribution is 5.87. The van der Waals surface area contributed by atoms with Crippen LogP contribution >= 0.6 is 0 Å². The molecule has 0 N–H and O–H groups in total. The third kappa shape index (κ3) is 1.50. The van der Waals surface area contributed by atoms with Gasteiger partial charge < -0.3 is 9.64 Å². The Hall–Kier alpha value is -0.830. The van der Waals surface area contributed by atoms with E-state index in [1.807, 2.05) is 6.92 Å². The van der Waals surface area contributed by atoms with E-state index < -0.39 is 0 Å². The van der Waals surface area contributed by atoms with Gasteiger partial charge in [-0.05, 0) is 19.4 Å². The van der Waals surface area contributed by atoms with Crippen LogP contribution in [0.5, 0.6) is 0 Å². The highest BCUT2D eigenvalue weighted by Gasteiger charge is 2.32. The van der Waals surface area contributed by atoms with Gasteiger partial charge in [0.1, 0.15) is 0 Å². The molecule has 1 fully saturated rings. The van der Waals surface area contributed by atoms with Crippen LogP contribution in [0.3, 0.4) is 0 Å². The molecule has 1 rings (SSSR count). The molecule has 1 saturated heterocycles. The third-order valence-electron chi connectivity index (χ3n) is 2.44. The van der Waals surface area contributed by atoms with Gasteiger partial charge in [0, 0.05) is 13.7 Å². The van der Waals surface area contributed by atoms with E-state index in [-0.39, 0.29) is 18.1 Å². The average Bonchev–Trinajstić information content (AvgIpc) is 2.45. The van der Waals surface area contributed by atoms with Crippen molar-refractivity contribution >= 4 is 5.91 Å². The van der Waals surface area contributed by atoms with Gasteiger partial charge in [-0.1, -0.05) is 6.58 Å². The highest BCUT2D eigenvalue weighted by atomic mass is 16.5. The van der Waals surface area contributed by atoms with Gasteiger partial charge in [-0.3, -0.25) is 4.79 Å². The van der Waals surface area contributed by atoms with Crippen molar-refractivity contribution in [3.8, 4) is 0 Å². The molecule has 3 nitrogen and oxygen atoms in total. The molecule has 0 saturated carbocycles. The smallest absolute Gasteiger partial charge is 0.246 e. The molecular formula is C9H15NO2. The van der Waals surface area contributed by atoms with Gasteiger partial charge in [0.2, 0.25) is 5.91 Å². The minimum Gasteiger partial charge on any atom is -0.379 e. The normalized spacial score (nSPS) is 29.0. The van der Waals surface area contributed by atoms with Crippen LogP contribution in [0.15, 0.2) is 12.7 Å². The molecule has 0 aliphatic carbocycles. The van der Waals surface area contributed by atoms with Gasteiger partial charge in [0.15, 0.2) is 0 Å². The maximum Gasteiger partial charge on any atom is 0.246 e. The summed E-state index contributed by atoms with van der Waals surface area (Å²) in [4.78, 5) is 13.0. The van der Waals surface area contributed by atoms with Crippen molar-refractivity contribution in [3.63, 3.8) is 0 Å². The van der Waals surface area contributed by atoms with E-state index in [1.165, 1.54) is 6.08 Å². The van der Waals surface area contributed by atoms with Crippen molar-refractivity contribution in [1.82, 2.24) is 4.90 Å². The fraction of sp³-hybridized carbons (Fsp3) is 0.667. The molecule has 1 aliphatic heterocycles. The summed E-state index contributed by atoms with van der Waals surface area (Å²) < 4.78 is 5.22. The number of amides is 1. The van der Waals surface area contributed by atoms with Crippen molar-refractivity contribution in [2.75, 3.05) is 13.7 Å². The first-order chi connectivity index (χ1) is 5.70. The first-order valence-corrected chi connectivity index (χ1v) is 4.16. The summed E-state index contributed by atoms with van der Waals surface area (Å²) >= 11 is 0. The van der Waals surface area contributed by atoms with Gasteiger partial charge in [-0.25, -0.2) is 0 Å². The van der Waals surface area contributed by atoms with Gasteiger partial charge in [0.25, 0.3) is 0 Å². The number of methoxy groups -OCH3 is 1. The van der Waals surface area contributed by atoms with E-state index in [9.17, 15) is 4.79 Å². The summed E-state index contributed by atoms with van der Waals surface area (Å²) in [5, 5.41) is 0. The first-order valence-electron chi connectivity index (χ1n) is 4.16. The molecule has 1 aliphatic rings. The second kappa shape index (κ2) is 3.72. The molecule has 0 aromatic carbocycles. The van der Waals surface area contributed by atoms with Gasteiger partial charge in [0.05, 0.1) is 12.1 Å². The molecule has 68 valence electrons. The van der Waals surface area contributed by atoms with Crippen LogP contribution in [-0.2, 0) is 9.53 Å². The third-order valence-corrected chi connectivity index (χ3v) is 2.44. The van der Waals surface area contributed by atoms with Crippen molar-refractivity contribution in [1.29, 1.82) is 0 Å². The monoisotopic (exact) mass is 169 g/mol. The van der Waals surface area contributed by atoms with Crippen LogP contribution in [0.4, 0.5) is 0 Å². The van der Waals surface area contributed by atoms with Crippen molar-refractivity contribution < 1.29 is 9.53 Å². The molecule has 0 spiro atoms. The van der Waals surface area contributed by atoms with E-state index in [0.717, 1.165) is 13.0 Å². The number of carbonyl (C=O) groups is 1. The van der Waals surface area contributed by atoms with Crippen LogP contribution in [-0.4, -0.2) is 36.6 Å². The number of carbonyl (C=O) groups excluding carboxylic acids is 1. The number of nitrogens with zero attached hydrogens (tertiary/aromatic N) is 1. The number of hydrogen-bond acceptors (Lipinski definition) is 2. The summed E-state index contributed by atoms with van der Waals surface area (Å²) in [5.74, 6) is 0.00190. The van der Waals surface area contributed by atoms with Crippen LogP contribution in [0.2, 0.25) is 0 Å². The standard InChI is InChI=1S/C9H15NO2/c1-4-9(11)10-6-5-8(12-3)7(10)2/h4,7-8H,1,5-6H2,2-3H3. The summed E-state index contributed by atoms with van der Waals surface area (Å²) in [7, 11) is 1.68. The lowest BCUT2D eigenvalue weighted by Gasteiger charge is -2.22. The van der Waals surface area contributed by atoms with E-state index in [0.29, 0.717) is 0 Å². The number of hydrogen-bond donors (Lipinski definition) is 0. The maximum absolute atomic E-state index is 11.2. The molecule has 3 heteroatoms. The Bertz CT molecular complexity index is 191. The average molecular weight is 169 g/mol. The maximum atomic E-state index is 11.2. The SMILES string of the molecule is C=CC(=O)N1CCC(OC)C1C. The summed E-state index contributed by atoms with van der Waals surface area (Å²) in [5.41, 5.74) is 0. The lowest BCUT2D eigenvalue weighted by molar-refractivity contribution is -0.127. The Kier molecular flexibility index (Phi) is 2.87. The lowest BCUT2D eigenvalue weighted by Crippen LogP contribution is -2.36. The van der Waals surface area contributed by atoms with Crippen molar-refractivity contribution in [2.24, 2.45) is 0 Å². The van der Waals surface area contributed by atoms with E-state index >= 15 is 0 Å². The van der Waals surface area contributed by atoms with Crippen LogP contribution in [0, 0.1) is 0 Å². The fourth-order valence-electron chi connectivity index (χ4n) is 1.65. The number of ether oxygens (including phenoxy) is 1. The zero-order valence-corrected chi connectivity index (χ0v) is 7.62. The molecule has 12 heavy (non-hydrogen) atoms. The second-order valence-corrected chi connectivity index (χ2v) is 3.04. The zero-order valence-electron chi connectivity index (χ0n) is 7.62. The van der Waals surface area contributed by atoms with Crippen LogP contribution in [0.1, 0.15) is 13.3 Å². The Morgan fingerprint density at radius 3 is 2.83 bits per heavy atom. The van der Waals surface area contributed by atoms with Gasteiger partial charge in [-0.2, -0.15) is 0 Å². The molecule has 2 unspecified atom stereocenters. The van der Waals surface area contributed by atoms with E-state index in [1.54, 1.807) is 12.0 Å². The second-order valence-electron chi connectivity index (χ2n) is 3.04. The van der Waals surface area contributed by atoms with Crippen molar-refractivity contribution in [3.05, 3.63) is 12.7 Å². The Balaban J connectivity index is 2.59. The molecule has 2 atom stereocenters. The largest absolute Gasteiger partial charge is 0.379 e. The van der Waals surface area contributed by atoms with E-state index in [2.05, 4.69) is 6.58 Å². The predicted octanol–water partition coefficient (Wildman–Crippen LogP) is 0.808. The predicted molar refractivity (Wildman–Crippen MR) is 46.8 cm³/mol. The first kappa shape index (κ1) is 9.26. The fourth-order valence-corrected chi connectivity index (χ4v) is 1.65. The topological polar surface area (TPSA) is 29.5 Å². The number of rotatable bonds is 2. The molecule has 0 aromatic rings. The molecule has 0 aromatic heterocycles. The Morgan fingerprint density at radius 2 is 2.42 bits per heavy atom. The minimum atomic E-state index is 0.00190.